The molecule has 0 aliphatic carbocycles. The van der Waals surface area contributed by atoms with Crippen LogP contribution in [0.15, 0.2) is 0 Å². The number of hydrogen-bond acceptors (Lipinski definition) is 6. The Morgan fingerprint density at radius 2 is 1.94 bits per heavy atom. The summed E-state index contributed by atoms with van der Waals surface area (Å²) in [7, 11) is 0. The van der Waals surface area contributed by atoms with Gasteiger partial charge in [-0.05, 0) is 6.42 Å². The number of carbonyl (C=O) groups is 1. The van der Waals surface area contributed by atoms with Crippen molar-refractivity contribution in [3.63, 3.8) is 0 Å². The van der Waals surface area contributed by atoms with Crippen molar-refractivity contribution in [3.05, 3.63) is 0 Å². The molecule has 0 radical (unpaired) electrons. The van der Waals surface area contributed by atoms with E-state index in [0.717, 1.165) is 0 Å². The van der Waals surface area contributed by atoms with Gasteiger partial charge in [0.15, 0.2) is 0 Å². The Morgan fingerprint density at radius 3 is 2.38 bits per heavy atom. The Labute approximate surface area is 116 Å². The van der Waals surface area contributed by atoms with E-state index >= 15 is 0 Å². The van der Waals surface area contributed by atoms with Crippen LogP contribution in [0.1, 0.15) is 13.3 Å². The maximum Gasteiger partial charge on any atom is 1.00 e. The third-order valence-corrected chi connectivity index (χ3v) is 2.71. The van der Waals surface area contributed by atoms with Crippen LogP contribution in [0, 0.1) is 5.92 Å². The van der Waals surface area contributed by atoms with Crippen molar-refractivity contribution < 1.29 is 59.5 Å². The monoisotopic (exact) mass is 242 g/mol. The Balaban J connectivity index is 0.00000225. The molecule has 0 aromatic rings. The van der Waals surface area contributed by atoms with E-state index in [1.165, 1.54) is 6.92 Å². The van der Waals surface area contributed by atoms with E-state index in [2.05, 4.69) is 0 Å². The molecule has 0 spiro atoms. The van der Waals surface area contributed by atoms with Gasteiger partial charge in [-0.3, -0.25) is 0 Å². The number of aliphatic carboxylic acids is 1. The second kappa shape index (κ2) is 6.90. The third kappa shape index (κ3) is 3.40. The first kappa shape index (κ1) is 16.3. The zero-order valence-corrected chi connectivity index (χ0v) is 11.4. The quantitative estimate of drug-likeness (QED) is 0.425. The molecule has 16 heavy (non-hydrogen) atoms. The van der Waals surface area contributed by atoms with Crippen molar-refractivity contribution >= 4 is 5.97 Å². The van der Waals surface area contributed by atoms with Crippen molar-refractivity contribution in [1.29, 1.82) is 0 Å². The number of carboxylic acid groups (broad SMARTS) is 1. The van der Waals surface area contributed by atoms with Crippen LogP contribution in [0.3, 0.4) is 0 Å². The molecule has 3 N–H and O–H groups in total. The largest absolute Gasteiger partial charge is 1.00 e. The molecule has 1 saturated heterocycles. The molecule has 1 aliphatic rings. The number of ether oxygens (including phenoxy) is 1. The van der Waals surface area contributed by atoms with E-state index in [1.807, 2.05) is 0 Å². The van der Waals surface area contributed by atoms with Crippen molar-refractivity contribution in [2.24, 2.45) is 5.92 Å². The maximum absolute atomic E-state index is 10.7. The fraction of sp³-hybridized carbons (Fsp3) is 0.889. The second-order valence-electron chi connectivity index (χ2n) is 3.77. The summed E-state index contributed by atoms with van der Waals surface area (Å²) in [5.74, 6) is -2.16. The molecular weight excluding hydrogens is 227 g/mol. The standard InChI is InChI=1S/C9H16O6.Na/c1-4-6(11)7(12)5(2-3-10)15-8(4)9(13)14;/h4-8,10-12H,2-3H2,1H3,(H,13,14);/q;+1/p-1. The predicted octanol–water partition coefficient (Wildman–Crippen LogP) is -5.75. The van der Waals surface area contributed by atoms with Crippen LogP contribution in [0.4, 0.5) is 0 Å². The minimum absolute atomic E-state index is 0. The van der Waals surface area contributed by atoms with E-state index in [1.54, 1.807) is 0 Å². The number of aliphatic hydroxyl groups is 3. The Hall–Kier alpha value is 0.310. The van der Waals surface area contributed by atoms with Gasteiger partial charge in [0.05, 0.1) is 18.2 Å². The summed E-state index contributed by atoms with van der Waals surface area (Å²) >= 11 is 0. The molecule has 5 unspecified atom stereocenters. The van der Waals surface area contributed by atoms with Gasteiger partial charge in [0.1, 0.15) is 12.2 Å². The SMILES string of the molecule is CC1C(C(=O)[O-])OC(CCO)C(O)C1O.[Na+]. The van der Waals surface area contributed by atoms with Crippen molar-refractivity contribution in [2.45, 2.75) is 37.8 Å². The summed E-state index contributed by atoms with van der Waals surface area (Å²) in [4.78, 5) is 10.7. The summed E-state index contributed by atoms with van der Waals surface area (Å²) in [5, 5.41) is 38.5. The summed E-state index contributed by atoms with van der Waals surface area (Å²) in [5.41, 5.74) is 0. The molecule has 5 atom stereocenters. The van der Waals surface area contributed by atoms with Crippen LogP contribution in [0.2, 0.25) is 0 Å². The first-order chi connectivity index (χ1) is 6.99. The zero-order valence-electron chi connectivity index (χ0n) is 9.37. The smallest absolute Gasteiger partial charge is 0.547 e. The fourth-order valence-electron chi connectivity index (χ4n) is 1.74. The van der Waals surface area contributed by atoms with Crippen LogP contribution >= 0.6 is 0 Å². The number of carbonyl (C=O) groups excluding carboxylic acids is 1. The molecular formula is C9H15NaO6. The number of hydrogen-bond donors (Lipinski definition) is 3. The van der Waals surface area contributed by atoms with E-state index in [9.17, 15) is 20.1 Å². The first-order valence-electron chi connectivity index (χ1n) is 4.82. The van der Waals surface area contributed by atoms with E-state index in [4.69, 9.17) is 9.84 Å². The van der Waals surface area contributed by atoms with Crippen LogP contribution in [0.5, 0.6) is 0 Å². The van der Waals surface area contributed by atoms with Gasteiger partial charge in [-0.25, -0.2) is 0 Å². The number of aliphatic hydroxyl groups excluding tert-OH is 3. The topological polar surface area (TPSA) is 110 Å². The Morgan fingerprint density at radius 1 is 1.38 bits per heavy atom. The first-order valence-corrected chi connectivity index (χ1v) is 4.82. The van der Waals surface area contributed by atoms with Crippen LogP contribution < -0.4 is 34.7 Å². The maximum atomic E-state index is 10.7. The normalized spacial score (nSPS) is 38.9. The summed E-state index contributed by atoms with van der Waals surface area (Å²) in [6.45, 7) is 1.21. The van der Waals surface area contributed by atoms with E-state index < -0.39 is 36.3 Å². The van der Waals surface area contributed by atoms with E-state index in [0.29, 0.717) is 0 Å². The Bertz CT molecular complexity index is 236. The molecule has 1 rings (SSSR count). The van der Waals surface area contributed by atoms with Gasteiger partial charge in [-0.2, -0.15) is 0 Å². The fourth-order valence-corrected chi connectivity index (χ4v) is 1.74. The number of rotatable bonds is 3. The average molecular weight is 242 g/mol. The number of carboxylic acids is 1. The van der Waals surface area contributed by atoms with Gasteiger partial charge in [0.2, 0.25) is 0 Å². The molecule has 0 aromatic heterocycles. The molecule has 88 valence electrons. The summed E-state index contributed by atoms with van der Waals surface area (Å²) in [6, 6.07) is 0. The van der Waals surface area contributed by atoms with Crippen LogP contribution in [-0.4, -0.2) is 52.3 Å². The van der Waals surface area contributed by atoms with Crippen LogP contribution in [0.25, 0.3) is 0 Å². The molecule has 1 aliphatic heterocycles. The molecule has 7 heteroatoms. The van der Waals surface area contributed by atoms with Gasteiger partial charge in [-0.1, -0.05) is 6.92 Å². The predicted molar refractivity (Wildman–Crippen MR) is 46.5 cm³/mol. The van der Waals surface area contributed by atoms with E-state index in [-0.39, 0.29) is 42.6 Å². The van der Waals surface area contributed by atoms with Crippen molar-refractivity contribution in [2.75, 3.05) is 6.61 Å². The molecule has 1 fully saturated rings. The molecule has 1 heterocycles. The van der Waals surface area contributed by atoms with Gasteiger partial charge in [0.25, 0.3) is 0 Å². The average Bonchev–Trinajstić information content (AvgIpc) is 2.18. The minimum atomic E-state index is -1.42. The van der Waals surface area contributed by atoms with Gasteiger partial charge < -0.3 is 30.0 Å². The van der Waals surface area contributed by atoms with Gasteiger partial charge >= 0.3 is 29.6 Å². The molecule has 0 amide bonds. The summed E-state index contributed by atoms with van der Waals surface area (Å²) < 4.78 is 5.05. The molecule has 0 bridgehead atoms. The Kier molecular flexibility index (Phi) is 7.04. The van der Waals surface area contributed by atoms with Crippen LogP contribution in [-0.2, 0) is 9.53 Å². The third-order valence-electron chi connectivity index (χ3n) is 2.71. The summed E-state index contributed by atoms with van der Waals surface area (Å²) in [6.07, 6.45) is -4.40. The van der Waals surface area contributed by atoms with Gasteiger partial charge in [-0.15, -0.1) is 0 Å². The van der Waals surface area contributed by atoms with Crippen molar-refractivity contribution in [1.82, 2.24) is 0 Å². The van der Waals surface area contributed by atoms with Crippen molar-refractivity contribution in [3.8, 4) is 0 Å². The molecule has 6 nitrogen and oxygen atoms in total. The van der Waals surface area contributed by atoms with Gasteiger partial charge in [0, 0.05) is 12.5 Å². The molecule has 0 saturated carbocycles. The molecule has 0 aromatic carbocycles. The minimum Gasteiger partial charge on any atom is -0.547 e. The zero-order chi connectivity index (χ0) is 11.6. The second-order valence-corrected chi connectivity index (χ2v) is 3.77.